The number of nitrogens with zero attached hydrogens (tertiary/aromatic N) is 1. The fraction of sp³-hybridized carbons (Fsp3) is 0.923. The van der Waals surface area contributed by atoms with Crippen LogP contribution in [0.4, 0.5) is 0 Å². The second-order valence-electron chi connectivity index (χ2n) is 5.78. The monoisotopic (exact) mass is 258 g/mol. The molecular formula is C13H26N2O3. The van der Waals surface area contributed by atoms with Crippen LogP contribution in [0, 0.1) is 5.92 Å². The molecule has 106 valence electrons. The predicted molar refractivity (Wildman–Crippen MR) is 70.7 cm³/mol. The Morgan fingerprint density at radius 3 is 2.78 bits per heavy atom. The average Bonchev–Trinajstić information content (AvgIpc) is 2.64. The minimum absolute atomic E-state index is 0.156. The standard InChI is InChI=1S/C13H26N2O3/c1-10(2)14-13(3,12(16)17)9-15-6-5-11(7-15)8-18-4/h10-11,14H,5-9H2,1-4H3,(H,16,17). The van der Waals surface area contributed by atoms with E-state index in [1.54, 1.807) is 14.0 Å². The lowest BCUT2D eigenvalue weighted by atomic mass is 10.0. The second-order valence-corrected chi connectivity index (χ2v) is 5.78. The molecule has 0 aromatic carbocycles. The van der Waals surface area contributed by atoms with Crippen molar-refractivity contribution in [2.45, 2.75) is 38.8 Å². The highest BCUT2D eigenvalue weighted by molar-refractivity contribution is 5.78. The fourth-order valence-corrected chi connectivity index (χ4v) is 2.69. The summed E-state index contributed by atoms with van der Waals surface area (Å²) in [4.78, 5) is 13.7. The molecule has 2 N–H and O–H groups in total. The molecule has 0 bridgehead atoms. The first-order chi connectivity index (χ1) is 8.37. The van der Waals surface area contributed by atoms with Crippen molar-refractivity contribution in [2.24, 2.45) is 5.92 Å². The van der Waals surface area contributed by atoms with E-state index < -0.39 is 11.5 Å². The van der Waals surface area contributed by atoms with Crippen molar-refractivity contribution in [3.63, 3.8) is 0 Å². The van der Waals surface area contributed by atoms with Crippen LogP contribution in [-0.4, -0.2) is 60.9 Å². The Labute approximate surface area is 109 Å². The number of rotatable bonds is 7. The van der Waals surface area contributed by atoms with E-state index in [0.717, 1.165) is 26.1 Å². The van der Waals surface area contributed by atoms with Crippen molar-refractivity contribution in [2.75, 3.05) is 33.4 Å². The molecule has 0 spiro atoms. The van der Waals surface area contributed by atoms with E-state index in [-0.39, 0.29) is 6.04 Å². The van der Waals surface area contributed by atoms with Crippen LogP contribution in [0.2, 0.25) is 0 Å². The predicted octanol–water partition coefficient (Wildman–Crippen LogP) is 0.796. The number of ether oxygens (including phenoxy) is 1. The average molecular weight is 258 g/mol. The number of hydrogen-bond acceptors (Lipinski definition) is 4. The fourth-order valence-electron chi connectivity index (χ4n) is 2.69. The van der Waals surface area contributed by atoms with E-state index >= 15 is 0 Å². The van der Waals surface area contributed by atoms with Crippen LogP contribution >= 0.6 is 0 Å². The van der Waals surface area contributed by atoms with Gasteiger partial charge in [-0.3, -0.25) is 10.1 Å². The molecular weight excluding hydrogens is 232 g/mol. The first-order valence-corrected chi connectivity index (χ1v) is 6.60. The number of carboxylic acid groups (broad SMARTS) is 1. The number of likely N-dealkylation sites (tertiary alicyclic amines) is 1. The quantitative estimate of drug-likeness (QED) is 0.707. The Hall–Kier alpha value is -0.650. The van der Waals surface area contributed by atoms with Crippen LogP contribution in [0.1, 0.15) is 27.2 Å². The van der Waals surface area contributed by atoms with Crippen molar-refractivity contribution in [1.29, 1.82) is 0 Å². The van der Waals surface area contributed by atoms with E-state index in [1.165, 1.54) is 0 Å². The van der Waals surface area contributed by atoms with E-state index in [4.69, 9.17) is 4.74 Å². The van der Waals surface area contributed by atoms with Crippen molar-refractivity contribution in [3.8, 4) is 0 Å². The molecule has 0 saturated carbocycles. The number of methoxy groups -OCH3 is 1. The Bertz CT molecular complexity index is 283. The summed E-state index contributed by atoms with van der Waals surface area (Å²) in [5, 5.41) is 12.6. The third kappa shape index (κ3) is 4.23. The minimum Gasteiger partial charge on any atom is -0.480 e. The third-order valence-corrected chi connectivity index (χ3v) is 3.39. The summed E-state index contributed by atoms with van der Waals surface area (Å²) in [6.45, 7) is 8.89. The molecule has 1 aliphatic heterocycles. The molecule has 2 unspecified atom stereocenters. The van der Waals surface area contributed by atoms with Gasteiger partial charge in [-0.15, -0.1) is 0 Å². The van der Waals surface area contributed by atoms with E-state index in [9.17, 15) is 9.90 Å². The molecule has 1 saturated heterocycles. The molecule has 5 heteroatoms. The summed E-state index contributed by atoms with van der Waals surface area (Å²) >= 11 is 0. The summed E-state index contributed by atoms with van der Waals surface area (Å²) in [6, 6.07) is 0.156. The van der Waals surface area contributed by atoms with Gasteiger partial charge in [0.05, 0.1) is 6.61 Å². The number of hydrogen-bond donors (Lipinski definition) is 2. The maximum Gasteiger partial charge on any atom is 0.324 e. The number of nitrogens with one attached hydrogen (secondary N) is 1. The van der Waals surface area contributed by atoms with Crippen LogP contribution in [0.3, 0.4) is 0 Å². The van der Waals surface area contributed by atoms with Crippen molar-refractivity contribution in [1.82, 2.24) is 10.2 Å². The highest BCUT2D eigenvalue weighted by Crippen LogP contribution is 2.19. The largest absolute Gasteiger partial charge is 0.480 e. The Balaban J connectivity index is 2.55. The molecule has 0 radical (unpaired) electrons. The van der Waals surface area contributed by atoms with Crippen molar-refractivity contribution < 1.29 is 14.6 Å². The Morgan fingerprint density at radius 1 is 1.61 bits per heavy atom. The zero-order valence-corrected chi connectivity index (χ0v) is 11.9. The van der Waals surface area contributed by atoms with E-state index in [2.05, 4.69) is 10.2 Å². The number of carbonyl (C=O) groups is 1. The third-order valence-electron chi connectivity index (χ3n) is 3.39. The normalized spacial score (nSPS) is 24.4. The summed E-state index contributed by atoms with van der Waals surface area (Å²) in [7, 11) is 1.71. The van der Waals surface area contributed by atoms with E-state index in [1.807, 2.05) is 13.8 Å². The topological polar surface area (TPSA) is 61.8 Å². The maximum absolute atomic E-state index is 11.4. The maximum atomic E-state index is 11.4. The Morgan fingerprint density at radius 2 is 2.28 bits per heavy atom. The van der Waals surface area contributed by atoms with Gasteiger partial charge in [-0.05, 0) is 39.7 Å². The SMILES string of the molecule is COCC1CCN(CC(C)(NC(C)C)C(=O)O)C1. The molecule has 1 heterocycles. The van der Waals surface area contributed by atoms with Crippen LogP contribution in [0.5, 0.6) is 0 Å². The molecule has 0 amide bonds. The van der Waals surface area contributed by atoms with Crippen molar-refractivity contribution in [3.05, 3.63) is 0 Å². The summed E-state index contributed by atoms with van der Waals surface area (Å²) in [5.41, 5.74) is -0.879. The second kappa shape index (κ2) is 6.50. The molecule has 0 aliphatic carbocycles. The lowest BCUT2D eigenvalue weighted by Crippen LogP contribution is -2.58. The van der Waals surface area contributed by atoms with Gasteiger partial charge < -0.3 is 14.7 Å². The molecule has 5 nitrogen and oxygen atoms in total. The van der Waals surface area contributed by atoms with Gasteiger partial charge in [-0.2, -0.15) is 0 Å². The smallest absolute Gasteiger partial charge is 0.324 e. The summed E-state index contributed by atoms with van der Waals surface area (Å²) < 4.78 is 5.16. The lowest BCUT2D eigenvalue weighted by molar-refractivity contribution is -0.145. The molecule has 0 aromatic rings. The van der Waals surface area contributed by atoms with Crippen LogP contribution < -0.4 is 5.32 Å². The summed E-state index contributed by atoms with van der Waals surface area (Å²) in [6.07, 6.45) is 1.09. The minimum atomic E-state index is -0.879. The van der Waals surface area contributed by atoms with Gasteiger partial charge in [0, 0.05) is 26.2 Å². The van der Waals surface area contributed by atoms with Gasteiger partial charge >= 0.3 is 5.97 Å². The highest BCUT2D eigenvalue weighted by atomic mass is 16.5. The van der Waals surface area contributed by atoms with Gasteiger partial charge in [-0.25, -0.2) is 0 Å². The first-order valence-electron chi connectivity index (χ1n) is 6.60. The molecule has 1 aliphatic rings. The van der Waals surface area contributed by atoms with Gasteiger partial charge in [0.1, 0.15) is 5.54 Å². The number of carboxylic acids is 1. The molecule has 1 fully saturated rings. The van der Waals surface area contributed by atoms with Gasteiger partial charge in [-0.1, -0.05) is 0 Å². The zero-order chi connectivity index (χ0) is 13.8. The lowest BCUT2D eigenvalue weighted by Gasteiger charge is -2.32. The Kier molecular flexibility index (Phi) is 5.56. The van der Waals surface area contributed by atoms with Crippen LogP contribution in [0.25, 0.3) is 0 Å². The molecule has 0 aromatic heterocycles. The first kappa shape index (κ1) is 15.4. The number of aliphatic carboxylic acids is 1. The van der Waals surface area contributed by atoms with Crippen LogP contribution in [0.15, 0.2) is 0 Å². The van der Waals surface area contributed by atoms with Gasteiger partial charge in [0.2, 0.25) is 0 Å². The van der Waals surface area contributed by atoms with Crippen molar-refractivity contribution >= 4 is 5.97 Å². The highest BCUT2D eigenvalue weighted by Gasteiger charge is 2.37. The summed E-state index contributed by atoms with van der Waals surface area (Å²) in [5.74, 6) is -0.251. The van der Waals surface area contributed by atoms with Gasteiger partial charge in [0.25, 0.3) is 0 Å². The van der Waals surface area contributed by atoms with E-state index in [0.29, 0.717) is 12.5 Å². The zero-order valence-electron chi connectivity index (χ0n) is 11.9. The van der Waals surface area contributed by atoms with Crippen LogP contribution in [-0.2, 0) is 9.53 Å². The van der Waals surface area contributed by atoms with Gasteiger partial charge in [0.15, 0.2) is 0 Å². The molecule has 1 rings (SSSR count). The molecule has 2 atom stereocenters. The molecule has 18 heavy (non-hydrogen) atoms.